The van der Waals surface area contributed by atoms with Crippen LogP contribution in [-0.2, 0) is 10.1 Å². The van der Waals surface area contributed by atoms with E-state index in [9.17, 15) is 17.4 Å². The Bertz CT molecular complexity index is 844. The first-order chi connectivity index (χ1) is 9.81. The molecule has 0 spiro atoms. The van der Waals surface area contributed by atoms with Crippen LogP contribution in [0.1, 0.15) is 0 Å². The van der Waals surface area contributed by atoms with Gasteiger partial charge in [-0.1, -0.05) is 11.6 Å². The first kappa shape index (κ1) is 16.4. The number of aromatic nitrogens is 2. The van der Waals surface area contributed by atoms with Gasteiger partial charge in [-0.3, -0.25) is 10.4 Å². The van der Waals surface area contributed by atoms with E-state index in [2.05, 4.69) is 15.4 Å². The summed E-state index contributed by atoms with van der Waals surface area (Å²) in [4.78, 5) is 5.27. The van der Waals surface area contributed by atoms with Gasteiger partial charge in [0.15, 0.2) is 1.41 Å². The molecule has 7 nitrogen and oxygen atoms in total. The third-order valence-electron chi connectivity index (χ3n) is 2.14. The van der Waals surface area contributed by atoms with Crippen LogP contribution in [0.5, 0.6) is 11.8 Å². The maximum absolute atomic E-state index is 13.3. The van der Waals surface area contributed by atoms with E-state index in [4.69, 9.17) is 17.7 Å². The van der Waals surface area contributed by atoms with E-state index in [1.54, 1.807) is 0 Å². The first-order valence-corrected chi connectivity index (χ1v) is 6.77. The van der Waals surface area contributed by atoms with E-state index in [0.717, 1.165) is 12.1 Å². The summed E-state index contributed by atoms with van der Waals surface area (Å²) in [5, 5.41) is 2.49. The quantitative estimate of drug-likeness (QED) is 0.395. The molecule has 0 aliphatic heterocycles. The van der Waals surface area contributed by atoms with Gasteiger partial charge in [-0.2, -0.15) is 9.37 Å². The van der Waals surface area contributed by atoms with Crippen LogP contribution in [0.15, 0.2) is 29.2 Å². The summed E-state index contributed by atoms with van der Waals surface area (Å²) in [5.74, 6) is -1.00. The number of H-pyrrole nitrogens is 1. The summed E-state index contributed by atoms with van der Waals surface area (Å²) in [5.41, 5.74) is -0.294. The summed E-state index contributed by atoms with van der Waals surface area (Å²) in [7, 11) is -4.56. The molecule has 0 saturated carbocycles. The van der Waals surface area contributed by atoms with Gasteiger partial charge in [0.2, 0.25) is 5.95 Å². The van der Waals surface area contributed by atoms with Crippen molar-refractivity contribution in [3.8, 4) is 11.8 Å². The van der Waals surface area contributed by atoms with Crippen LogP contribution >= 0.6 is 11.6 Å². The van der Waals surface area contributed by atoms with Gasteiger partial charge in [0, 0.05) is 0 Å². The molecule has 21 heavy (non-hydrogen) atoms. The number of hydrogen-bond acceptors (Lipinski definition) is 6. The zero-order valence-electron chi connectivity index (χ0n) is 11.5. The SMILES string of the molecule is [2H]N=c1[nH]c(Oc2ccc(S(=O)(=O)[O-])cc2)nc(F)c1Cl.[Na+]. The molecule has 0 fully saturated rings. The van der Waals surface area contributed by atoms with Crippen molar-refractivity contribution in [2.24, 2.45) is 0 Å². The minimum absolute atomic E-state index is 0. The van der Waals surface area contributed by atoms with Crippen molar-refractivity contribution >= 4 is 21.7 Å². The van der Waals surface area contributed by atoms with Crippen LogP contribution in [0.3, 0.4) is 0 Å². The summed E-state index contributed by atoms with van der Waals surface area (Å²) >= 11 is 5.50. The molecule has 1 aromatic carbocycles. The molecule has 0 radical (unpaired) electrons. The fourth-order valence-corrected chi connectivity index (χ4v) is 1.81. The van der Waals surface area contributed by atoms with Crippen molar-refractivity contribution < 1.29 is 53.1 Å². The minimum Gasteiger partial charge on any atom is -0.744 e. The normalized spacial score (nSPS) is 12.5. The monoisotopic (exact) mass is 342 g/mol. The van der Waals surface area contributed by atoms with Gasteiger partial charge < -0.3 is 9.29 Å². The zero-order valence-corrected chi connectivity index (χ0v) is 14.1. The van der Waals surface area contributed by atoms with Crippen LogP contribution in [0.25, 0.3) is 0 Å². The number of hydrogen-bond donors (Lipinski definition) is 2. The molecule has 106 valence electrons. The minimum atomic E-state index is -4.56. The van der Waals surface area contributed by atoms with Gasteiger partial charge >= 0.3 is 35.6 Å². The zero-order chi connectivity index (χ0) is 15.6. The van der Waals surface area contributed by atoms with Crippen LogP contribution in [0, 0.1) is 11.4 Å². The summed E-state index contributed by atoms with van der Waals surface area (Å²) in [6, 6.07) is 4.08. The van der Waals surface area contributed by atoms with Crippen molar-refractivity contribution in [1.29, 1.82) is 5.40 Å². The average Bonchev–Trinajstić information content (AvgIpc) is 2.42. The van der Waals surface area contributed by atoms with E-state index in [0.29, 0.717) is 0 Å². The molecule has 11 heteroatoms. The fraction of sp³-hybridized carbons (Fsp3) is 0. The molecule has 0 aliphatic carbocycles. The van der Waals surface area contributed by atoms with E-state index < -0.39 is 26.0 Å². The first-order valence-electron chi connectivity index (χ1n) is 5.43. The number of aromatic amines is 1. The second-order valence-corrected chi connectivity index (χ2v) is 5.28. The molecule has 0 aliphatic rings. The van der Waals surface area contributed by atoms with Gasteiger partial charge in [-0.05, 0) is 24.3 Å². The molecule has 2 aromatic rings. The smallest absolute Gasteiger partial charge is 0.744 e. The summed E-state index contributed by atoms with van der Waals surface area (Å²) in [6.07, 6.45) is 0. The maximum atomic E-state index is 13.3. The predicted molar refractivity (Wildman–Crippen MR) is 63.9 cm³/mol. The Labute approximate surface area is 147 Å². The second kappa shape index (κ2) is 6.86. The van der Waals surface area contributed by atoms with Gasteiger partial charge in [0.25, 0.3) is 0 Å². The van der Waals surface area contributed by atoms with Crippen LogP contribution in [0.2, 0.25) is 6.43 Å². The molecule has 2 N–H and O–H groups in total. The number of ether oxygens (including phenoxy) is 1. The van der Waals surface area contributed by atoms with E-state index in [1.807, 2.05) is 0 Å². The third kappa shape index (κ3) is 4.50. The van der Waals surface area contributed by atoms with Gasteiger partial charge in [-0.25, -0.2) is 8.42 Å². The standard InChI is InChI=1S/C10H7ClFN3O4S.Na/c11-7-8(12)14-10(15-9(7)13)19-5-1-3-6(4-2-5)20(16,17)18;/h1-4H,(H2,13,14,15)(H,16,17,18);/q;+1/p-1/i/hD. The number of rotatable bonds is 3. The van der Waals surface area contributed by atoms with Crippen molar-refractivity contribution in [3.05, 3.63) is 40.7 Å². The van der Waals surface area contributed by atoms with Crippen LogP contribution in [-0.4, -0.2) is 22.9 Å². The Morgan fingerprint density at radius 1 is 1.43 bits per heavy atom. The fourth-order valence-electron chi connectivity index (χ4n) is 1.25. The van der Waals surface area contributed by atoms with Gasteiger partial charge in [-0.15, -0.1) is 0 Å². The Kier molecular flexibility index (Phi) is 5.36. The van der Waals surface area contributed by atoms with Crippen molar-refractivity contribution in [1.82, 2.24) is 9.97 Å². The molecule has 1 aromatic heterocycles. The van der Waals surface area contributed by atoms with E-state index in [1.165, 1.54) is 12.1 Å². The van der Waals surface area contributed by atoms with Gasteiger partial charge in [0.1, 0.15) is 26.4 Å². The van der Waals surface area contributed by atoms with Crippen LogP contribution in [0.4, 0.5) is 4.39 Å². The summed E-state index contributed by atoms with van der Waals surface area (Å²) < 4.78 is 57.5. The number of nitrogens with zero attached hydrogens (tertiary/aromatic N) is 1. The third-order valence-corrected chi connectivity index (χ3v) is 3.33. The molecule has 0 atom stereocenters. The largest absolute Gasteiger partial charge is 1.00 e. The van der Waals surface area contributed by atoms with Crippen LogP contribution < -0.4 is 39.8 Å². The second-order valence-electron chi connectivity index (χ2n) is 3.52. The molecular formula is C10H6ClFN3NaO4S. The molecule has 2 rings (SSSR count). The molecule has 0 bridgehead atoms. The molecule has 0 unspecified atom stereocenters. The predicted octanol–water partition coefficient (Wildman–Crippen LogP) is -1.62. The average molecular weight is 343 g/mol. The Balaban J connectivity index is 0.00000242. The number of benzene rings is 1. The van der Waals surface area contributed by atoms with Gasteiger partial charge in [0.05, 0.1) is 4.90 Å². The van der Waals surface area contributed by atoms with Crippen molar-refractivity contribution in [2.75, 3.05) is 0 Å². The Morgan fingerprint density at radius 3 is 2.57 bits per heavy atom. The maximum Gasteiger partial charge on any atom is 1.00 e. The number of halogens is 2. The molecule has 0 amide bonds. The van der Waals surface area contributed by atoms with Crippen molar-refractivity contribution in [2.45, 2.75) is 4.90 Å². The summed E-state index contributed by atoms with van der Waals surface area (Å²) in [6.45, 7) is 0. The van der Waals surface area contributed by atoms with E-state index in [-0.39, 0.29) is 46.8 Å². The topological polar surface area (TPSA) is 119 Å². The molecule has 1 heterocycles. The van der Waals surface area contributed by atoms with E-state index >= 15 is 0 Å². The molecule has 0 saturated heterocycles. The molecular weight excluding hydrogens is 336 g/mol. The van der Waals surface area contributed by atoms with Crippen molar-refractivity contribution in [3.63, 3.8) is 0 Å². The Hall–Kier alpha value is -0.970. The number of nitrogens with one attached hydrogen (secondary N) is 2. The Morgan fingerprint density at radius 2 is 2.05 bits per heavy atom.